The maximum absolute atomic E-state index is 12.2. The summed E-state index contributed by atoms with van der Waals surface area (Å²) < 4.78 is 21.5. The monoisotopic (exact) mass is 640 g/mol. The number of unbranched alkanes of at least 4 members (excludes halogenated alkanes) is 21. The van der Waals surface area contributed by atoms with E-state index < -0.39 is 14.1 Å². The summed E-state index contributed by atoms with van der Waals surface area (Å²) in [6, 6.07) is 5.14. The number of phosphoric acid groups is 1. The fourth-order valence-electron chi connectivity index (χ4n) is 5.55. The topological polar surface area (TPSA) is 117 Å². The maximum Gasteiger partial charge on any atom is 0.472 e. The van der Waals surface area contributed by atoms with Crippen LogP contribution in [0.2, 0.25) is 0 Å². The predicted molar refractivity (Wildman–Crippen MR) is 184 cm³/mol. The van der Waals surface area contributed by atoms with Gasteiger partial charge in [-0.25, -0.2) is 9.09 Å². The molecule has 9 heteroatoms. The number of nitrogens with one attached hydrogen (secondary N) is 2. The van der Waals surface area contributed by atoms with Gasteiger partial charge in [-0.2, -0.15) is 0 Å². The third kappa shape index (κ3) is 23.0. The number of rotatable bonds is 31. The molecule has 0 saturated heterocycles. The number of anilines is 1. The molecule has 1 aromatic rings. The Morgan fingerprint density at radius 2 is 1.18 bits per heavy atom. The van der Waals surface area contributed by atoms with Crippen molar-refractivity contribution in [3.8, 4) is 5.75 Å². The largest absolute Gasteiger partial charge is 0.472 e. The molecule has 0 aliphatic rings. The summed E-state index contributed by atoms with van der Waals surface area (Å²) in [6.07, 6.45) is 28.9. The van der Waals surface area contributed by atoms with Crippen LogP contribution in [0.15, 0.2) is 18.2 Å². The van der Waals surface area contributed by atoms with Crippen molar-refractivity contribution in [2.75, 3.05) is 25.5 Å². The molecule has 0 radical (unpaired) electrons. The molecule has 44 heavy (non-hydrogen) atoms. The minimum atomic E-state index is -4.75. The molecule has 0 aliphatic heterocycles. The molecule has 0 bridgehead atoms. The van der Waals surface area contributed by atoms with Crippen LogP contribution in [-0.4, -0.2) is 42.0 Å². The van der Waals surface area contributed by atoms with Crippen LogP contribution in [0.4, 0.5) is 5.69 Å². The summed E-state index contributed by atoms with van der Waals surface area (Å²) in [7, 11) is -3.13. The van der Waals surface area contributed by atoms with Crippen molar-refractivity contribution in [3.63, 3.8) is 0 Å². The van der Waals surface area contributed by atoms with Crippen LogP contribution >= 0.6 is 7.82 Å². The van der Waals surface area contributed by atoms with E-state index in [0.717, 1.165) is 18.7 Å². The van der Waals surface area contributed by atoms with Crippen LogP contribution in [0, 0.1) is 0 Å². The predicted octanol–water partition coefficient (Wildman–Crippen LogP) is 9.94. The minimum absolute atomic E-state index is 0.0436. The number of ether oxygens (including phenoxy) is 1. The van der Waals surface area contributed by atoms with Crippen molar-refractivity contribution >= 4 is 19.3 Å². The Balaban J connectivity index is 2.03. The normalized spacial score (nSPS) is 12.4. The lowest BCUT2D eigenvalue weighted by Crippen LogP contribution is -2.31. The molecule has 1 unspecified atom stereocenters. The van der Waals surface area contributed by atoms with E-state index in [4.69, 9.17) is 14.5 Å². The number of likely N-dealkylation sites (N-methyl/N-ethyl adjacent to an activating group) is 1. The highest BCUT2D eigenvalue weighted by Gasteiger charge is 2.24. The summed E-state index contributed by atoms with van der Waals surface area (Å²) in [4.78, 5) is 30.4. The molecule has 4 N–H and O–H groups in total. The second-order valence-electron chi connectivity index (χ2n) is 12.3. The number of phosphoric ester groups is 1. The van der Waals surface area contributed by atoms with Gasteiger partial charge in [0.1, 0.15) is 5.75 Å². The van der Waals surface area contributed by atoms with E-state index in [1.165, 1.54) is 142 Å². The van der Waals surface area contributed by atoms with E-state index in [2.05, 4.69) is 22.1 Å². The number of hydrogen-bond acceptors (Lipinski definition) is 6. The van der Waals surface area contributed by atoms with Crippen LogP contribution in [0.25, 0.3) is 0 Å². The van der Waals surface area contributed by atoms with Crippen molar-refractivity contribution in [1.29, 1.82) is 0 Å². The highest BCUT2D eigenvalue weighted by molar-refractivity contribution is 7.46. The van der Waals surface area contributed by atoms with Gasteiger partial charge in [0.05, 0.1) is 12.1 Å². The first-order chi connectivity index (χ1) is 21.3. The molecule has 0 saturated carbocycles. The first-order valence-electron chi connectivity index (χ1n) is 17.7. The number of carbonyl (C=O) groups is 1. The van der Waals surface area contributed by atoms with E-state index in [1.54, 1.807) is 25.2 Å². The van der Waals surface area contributed by atoms with Crippen LogP contribution in [0.5, 0.6) is 5.75 Å². The Morgan fingerprint density at radius 3 is 1.57 bits per heavy atom. The lowest BCUT2D eigenvalue weighted by Gasteiger charge is -2.21. The molecule has 0 heterocycles. The molecule has 256 valence electrons. The lowest BCUT2D eigenvalue weighted by molar-refractivity contribution is -0.0132. The van der Waals surface area contributed by atoms with E-state index in [0.29, 0.717) is 5.56 Å². The molecular formula is C35H65N2O6P. The van der Waals surface area contributed by atoms with E-state index in [9.17, 15) is 9.36 Å². The van der Waals surface area contributed by atoms with Gasteiger partial charge in [0.25, 0.3) is 0 Å². The Morgan fingerprint density at radius 1 is 0.750 bits per heavy atom. The van der Waals surface area contributed by atoms with Gasteiger partial charge in [0.15, 0.2) is 5.78 Å². The summed E-state index contributed by atoms with van der Waals surface area (Å²) in [5.41, 5.74) is 1.15. The summed E-state index contributed by atoms with van der Waals surface area (Å²) in [5, 5.41) is 6.13. The third-order valence-electron chi connectivity index (χ3n) is 8.10. The van der Waals surface area contributed by atoms with Crippen LogP contribution in [0.3, 0.4) is 0 Å². The zero-order valence-electron chi connectivity index (χ0n) is 28.3. The van der Waals surface area contributed by atoms with E-state index >= 15 is 0 Å². The molecular weight excluding hydrogens is 575 g/mol. The molecule has 0 aliphatic carbocycles. The summed E-state index contributed by atoms with van der Waals surface area (Å²) >= 11 is 0. The fourth-order valence-corrected chi connectivity index (χ4v) is 5.97. The maximum atomic E-state index is 12.2. The van der Waals surface area contributed by atoms with Gasteiger partial charge in [0, 0.05) is 12.2 Å². The Kier molecular flexibility index (Phi) is 24.7. The third-order valence-corrected chi connectivity index (χ3v) is 8.61. The van der Waals surface area contributed by atoms with Gasteiger partial charge < -0.3 is 25.2 Å². The molecule has 0 fully saturated rings. The van der Waals surface area contributed by atoms with Gasteiger partial charge in [-0.3, -0.25) is 4.79 Å². The first kappa shape index (κ1) is 40.6. The van der Waals surface area contributed by atoms with Crippen molar-refractivity contribution in [2.24, 2.45) is 0 Å². The summed E-state index contributed by atoms with van der Waals surface area (Å²) in [5.74, 6) is 0.0217. The molecule has 0 aromatic heterocycles. The minimum Gasteiger partial charge on any atom is -0.462 e. The fraction of sp³-hybridized carbons (Fsp3) is 0.800. The van der Waals surface area contributed by atoms with E-state index in [-0.39, 0.29) is 18.1 Å². The SMILES string of the molecule is CCCCCCCCCCCCCCCCCCCCCCCCNc1ccc(OC(CNC)OP(=O)(O)O)c(C(C)=O)c1. The van der Waals surface area contributed by atoms with Gasteiger partial charge in [-0.15, -0.1) is 0 Å². The Hall–Kier alpha value is -1.44. The smallest absolute Gasteiger partial charge is 0.462 e. The number of Topliss-reactive ketones (excluding diaryl/α,β-unsaturated/α-hetero) is 1. The van der Waals surface area contributed by atoms with Crippen molar-refractivity contribution in [3.05, 3.63) is 23.8 Å². The number of hydrogen-bond donors (Lipinski definition) is 4. The first-order valence-corrected chi connectivity index (χ1v) is 19.2. The highest BCUT2D eigenvalue weighted by Crippen LogP contribution is 2.38. The standard InChI is InChI=1S/C35H65N2O6P/c1-4-5-6-7-8-9-10-11-12-13-14-15-16-17-18-19-20-21-22-23-24-25-28-37-32-26-27-34(33(29-32)31(2)38)42-35(30-36-3)43-44(39,40)41/h26-27,29,35-37H,4-25,28,30H2,1-3H3,(H2,39,40,41). The Labute approximate surface area is 269 Å². The molecule has 1 atom stereocenters. The lowest BCUT2D eigenvalue weighted by atomic mass is 10.0. The molecule has 1 aromatic carbocycles. The van der Waals surface area contributed by atoms with Crippen molar-refractivity contribution in [1.82, 2.24) is 5.32 Å². The molecule has 1 rings (SSSR count). The number of carbonyl (C=O) groups excluding carboxylic acids is 1. The van der Waals surface area contributed by atoms with Crippen LogP contribution in [-0.2, 0) is 9.09 Å². The molecule has 0 spiro atoms. The molecule has 8 nitrogen and oxygen atoms in total. The van der Waals surface area contributed by atoms with Gasteiger partial charge >= 0.3 is 7.82 Å². The van der Waals surface area contributed by atoms with Crippen LogP contribution < -0.4 is 15.4 Å². The average molecular weight is 641 g/mol. The highest BCUT2D eigenvalue weighted by atomic mass is 31.2. The quantitative estimate of drug-likeness (QED) is 0.0274. The van der Waals surface area contributed by atoms with Crippen LogP contribution in [0.1, 0.15) is 165 Å². The second-order valence-corrected chi connectivity index (χ2v) is 13.5. The summed E-state index contributed by atoms with van der Waals surface area (Å²) in [6.45, 7) is 4.58. The number of ketones is 1. The zero-order chi connectivity index (χ0) is 32.3. The number of benzene rings is 1. The van der Waals surface area contributed by atoms with Gasteiger partial charge in [-0.1, -0.05) is 142 Å². The van der Waals surface area contributed by atoms with Gasteiger partial charge in [-0.05, 0) is 38.6 Å². The van der Waals surface area contributed by atoms with Gasteiger partial charge in [0.2, 0.25) is 6.29 Å². The zero-order valence-corrected chi connectivity index (χ0v) is 29.1. The second kappa shape index (κ2) is 26.7. The van der Waals surface area contributed by atoms with E-state index in [1.807, 2.05) is 0 Å². The van der Waals surface area contributed by atoms with Crippen molar-refractivity contribution in [2.45, 2.75) is 161 Å². The average Bonchev–Trinajstić information content (AvgIpc) is 2.97. The Bertz CT molecular complexity index is 894. The molecule has 0 amide bonds. The van der Waals surface area contributed by atoms with Crippen molar-refractivity contribution < 1.29 is 28.4 Å².